The third-order valence-electron chi connectivity index (χ3n) is 3.94. The molecule has 0 radical (unpaired) electrons. The number of ether oxygens (including phenoxy) is 1. The van der Waals surface area contributed by atoms with Gasteiger partial charge >= 0.3 is 6.03 Å². The molecule has 0 aromatic heterocycles. The van der Waals surface area contributed by atoms with Crippen molar-refractivity contribution in [1.29, 1.82) is 0 Å². The van der Waals surface area contributed by atoms with Crippen LogP contribution in [0.4, 0.5) is 4.79 Å². The minimum Gasteiger partial charge on any atom is -0.388 e. The van der Waals surface area contributed by atoms with Gasteiger partial charge in [0.2, 0.25) is 0 Å². The maximum Gasteiger partial charge on any atom is 0.315 e. The summed E-state index contributed by atoms with van der Waals surface area (Å²) >= 11 is 0. The van der Waals surface area contributed by atoms with Crippen molar-refractivity contribution in [2.24, 2.45) is 0 Å². The van der Waals surface area contributed by atoms with Crippen LogP contribution in [0.5, 0.6) is 0 Å². The van der Waals surface area contributed by atoms with Crippen molar-refractivity contribution in [2.75, 3.05) is 19.8 Å². The molecule has 0 aromatic rings. The van der Waals surface area contributed by atoms with Gasteiger partial charge in [-0.2, -0.15) is 0 Å². The molecule has 1 saturated heterocycles. The molecular formula is C13H24N2O3. The molecule has 1 saturated carbocycles. The van der Waals surface area contributed by atoms with Gasteiger partial charge in [0.05, 0.1) is 5.60 Å². The number of hydrogen-bond acceptors (Lipinski definition) is 3. The molecule has 5 nitrogen and oxygen atoms in total. The molecule has 0 aromatic carbocycles. The van der Waals surface area contributed by atoms with Crippen LogP contribution in [0.1, 0.15) is 44.9 Å². The second kappa shape index (κ2) is 6.38. The Kier molecular flexibility index (Phi) is 4.83. The average molecular weight is 256 g/mol. The van der Waals surface area contributed by atoms with E-state index in [2.05, 4.69) is 10.6 Å². The Morgan fingerprint density at radius 2 is 1.89 bits per heavy atom. The fourth-order valence-corrected chi connectivity index (χ4v) is 2.66. The van der Waals surface area contributed by atoms with Crippen molar-refractivity contribution >= 4 is 6.03 Å². The Morgan fingerprint density at radius 1 is 1.22 bits per heavy atom. The normalized spacial score (nSPS) is 24.5. The molecule has 2 aliphatic rings. The fraction of sp³-hybridized carbons (Fsp3) is 0.923. The van der Waals surface area contributed by atoms with Gasteiger partial charge in [-0.15, -0.1) is 0 Å². The molecule has 3 N–H and O–H groups in total. The number of hydrogen-bond donors (Lipinski definition) is 3. The van der Waals surface area contributed by atoms with Crippen molar-refractivity contribution in [3.63, 3.8) is 0 Å². The topological polar surface area (TPSA) is 70.6 Å². The van der Waals surface area contributed by atoms with E-state index in [-0.39, 0.29) is 6.03 Å². The lowest BCUT2D eigenvalue weighted by Crippen LogP contribution is -2.50. The predicted octanol–water partition coefficient (Wildman–Crippen LogP) is 1.16. The van der Waals surface area contributed by atoms with E-state index in [0.717, 1.165) is 12.8 Å². The maximum absolute atomic E-state index is 11.7. The summed E-state index contributed by atoms with van der Waals surface area (Å²) in [6, 6.07) is 0.157. The maximum atomic E-state index is 11.7. The number of amides is 2. The molecule has 2 amide bonds. The number of carbonyl (C=O) groups excluding carboxylic acids is 1. The van der Waals surface area contributed by atoms with Gasteiger partial charge in [-0.05, 0) is 12.8 Å². The number of aliphatic hydroxyl groups is 1. The monoisotopic (exact) mass is 256 g/mol. The van der Waals surface area contributed by atoms with Crippen LogP contribution in [-0.4, -0.2) is 42.5 Å². The highest BCUT2D eigenvalue weighted by Crippen LogP contribution is 2.19. The molecule has 18 heavy (non-hydrogen) atoms. The number of urea groups is 1. The minimum absolute atomic E-state index is 0.151. The van der Waals surface area contributed by atoms with Crippen molar-refractivity contribution in [3.05, 3.63) is 0 Å². The highest BCUT2D eigenvalue weighted by atomic mass is 16.5. The number of nitrogens with one attached hydrogen (secondary N) is 2. The van der Waals surface area contributed by atoms with Gasteiger partial charge in [0, 0.05) is 38.6 Å². The quantitative estimate of drug-likeness (QED) is 0.709. The lowest BCUT2D eigenvalue weighted by Gasteiger charge is -2.32. The van der Waals surface area contributed by atoms with Crippen LogP contribution in [0.15, 0.2) is 0 Å². The summed E-state index contributed by atoms with van der Waals surface area (Å²) in [7, 11) is 0. The summed E-state index contributed by atoms with van der Waals surface area (Å²) in [6.07, 6.45) is 7.02. The first-order valence-electron chi connectivity index (χ1n) is 7.02. The number of carbonyl (C=O) groups is 1. The molecule has 0 atom stereocenters. The first-order chi connectivity index (χ1) is 8.68. The first-order valence-corrected chi connectivity index (χ1v) is 7.02. The van der Waals surface area contributed by atoms with Crippen molar-refractivity contribution in [3.8, 4) is 0 Å². The summed E-state index contributed by atoms with van der Waals surface area (Å²) in [5, 5.41) is 16.0. The zero-order valence-corrected chi connectivity index (χ0v) is 10.9. The lowest BCUT2D eigenvalue weighted by atomic mass is 9.94. The second-order valence-electron chi connectivity index (χ2n) is 5.50. The van der Waals surface area contributed by atoms with E-state index in [1.165, 1.54) is 19.3 Å². The molecule has 2 rings (SSSR count). The highest BCUT2D eigenvalue weighted by molar-refractivity contribution is 5.74. The minimum atomic E-state index is -0.790. The van der Waals surface area contributed by atoms with E-state index in [4.69, 9.17) is 4.74 Å². The average Bonchev–Trinajstić information content (AvgIpc) is 2.39. The summed E-state index contributed by atoms with van der Waals surface area (Å²) in [5.74, 6) is 0. The standard InChI is InChI=1S/C13H24N2O3/c16-12(15-11-4-2-1-3-5-11)14-10-13(17)6-8-18-9-7-13/h11,17H,1-10H2,(H2,14,15,16). The van der Waals surface area contributed by atoms with Gasteiger partial charge in [0.15, 0.2) is 0 Å². The summed E-state index contributed by atoms with van der Waals surface area (Å²) in [4.78, 5) is 11.7. The third-order valence-corrected chi connectivity index (χ3v) is 3.94. The van der Waals surface area contributed by atoms with Gasteiger partial charge in [0.25, 0.3) is 0 Å². The molecule has 1 heterocycles. The Balaban J connectivity index is 1.67. The molecular weight excluding hydrogens is 232 g/mol. The second-order valence-corrected chi connectivity index (χ2v) is 5.50. The molecule has 0 bridgehead atoms. The lowest BCUT2D eigenvalue weighted by molar-refractivity contribution is -0.0600. The summed E-state index contributed by atoms with van der Waals surface area (Å²) < 4.78 is 5.20. The largest absolute Gasteiger partial charge is 0.388 e. The van der Waals surface area contributed by atoms with Crippen LogP contribution in [0.2, 0.25) is 0 Å². The predicted molar refractivity (Wildman–Crippen MR) is 68.4 cm³/mol. The van der Waals surface area contributed by atoms with Crippen molar-refractivity contribution in [2.45, 2.75) is 56.6 Å². The first kappa shape index (κ1) is 13.6. The Morgan fingerprint density at radius 3 is 2.56 bits per heavy atom. The van der Waals surface area contributed by atoms with E-state index in [0.29, 0.717) is 38.6 Å². The smallest absolute Gasteiger partial charge is 0.315 e. The molecule has 0 spiro atoms. The van der Waals surface area contributed by atoms with E-state index >= 15 is 0 Å². The van der Waals surface area contributed by atoms with Crippen LogP contribution in [0, 0.1) is 0 Å². The number of rotatable bonds is 3. The van der Waals surface area contributed by atoms with Crippen LogP contribution in [-0.2, 0) is 4.74 Å². The van der Waals surface area contributed by atoms with Crippen LogP contribution in [0.25, 0.3) is 0 Å². The van der Waals surface area contributed by atoms with Crippen LogP contribution < -0.4 is 10.6 Å². The molecule has 104 valence electrons. The fourth-order valence-electron chi connectivity index (χ4n) is 2.66. The van der Waals surface area contributed by atoms with Gasteiger partial charge in [-0.25, -0.2) is 4.79 Å². The molecule has 5 heteroatoms. The van der Waals surface area contributed by atoms with E-state index in [9.17, 15) is 9.90 Å². The van der Waals surface area contributed by atoms with E-state index in [1.807, 2.05) is 0 Å². The highest BCUT2D eigenvalue weighted by Gasteiger charge is 2.30. The molecule has 1 aliphatic carbocycles. The SMILES string of the molecule is O=C(NCC1(O)CCOCC1)NC1CCCCC1. The van der Waals surface area contributed by atoms with E-state index < -0.39 is 5.60 Å². The molecule has 2 fully saturated rings. The van der Waals surface area contributed by atoms with Gasteiger partial charge in [-0.3, -0.25) is 0 Å². The summed E-state index contributed by atoms with van der Waals surface area (Å²) in [6.45, 7) is 1.46. The van der Waals surface area contributed by atoms with Crippen molar-refractivity contribution in [1.82, 2.24) is 10.6 Å². The third kappa shape index (κ3) is 4.14. The zero-order valence-electron chi connectivity index (χ0n) is 10.9. The van der Waals surface area contributed by atoms with Gasteiger partial charge in [0.1, 0.15) is 0 Å². The van der Waals surface area contributed by atoms with Crippen LogP contribution >= 0.6 is 0 Å². The van der Waals surface area contributed by atoms with Gasteiger partial charge < -0.3 is 20.5 Å². The Labute approximate surface area is 108 Å². The zero-order chi connectivity index (χ0) is 12.8. The van der Waals surface area contributed by atoms with Crippen molar-refractivity contribution < 1.29 is 14.6 Å². The molecule has 1 aliphatic heterocycles. The van der Waals surface area contributed by atoms with Crippen LogP contribution in [0.3, 0.4) is 0 Å². The summed E-state index contributed by atoms with van der Waals surface area (Å²) in [5.41, 5.74) is -0.790. The Hall–Kier alpha value is -0.810. The Bertz CT molecular complexity index is 271. The molecule has 0 unspecified atom stereocenters. The van der Waals surface area contributed by atoms with Gasteiger partial charge in [-0.1, -0.05) is 19.3 Å². The van der Waals surface area contributed by atoms with E-state index in [1.54, 1.807) is 0 Å².